The van der Waals surface area contributed by atoms with Crippen LogP contribution in [-0.2, 0) is 0 Å². The fourth-order valence-electron chi connectivity index (χ4n) is 3.03. The maximum absolute atomic E-state index is 4.78. The molecule has 0 atom stereocenters. The smallest absolute Gasteiger partial charge is 0.134 e. The highest BCUT2D eigenvalue weighted by molar-refractivity contribution is 5.48. The maximum atomic E-state index is 4.78. The molecule has 1 aromatic rings. The molecule has 2 rings (SSSR count). The highest BCUT2D eigenvalue weighted by Gasteiger charge is 2.21. The molecule has 18 heavy (non-hydrogen) atoms. The minimum absolute atomic E-state index is 0.466. The maximum Gasteiger partial charge on any atom is 0.134 e. The van der Waals surface area contributed by atoms with Gasteiger partial charge in [0.1, 0.15) is 11.6 Å². The highest BCUT2D eigenvalue weighted by Crippen LogP contribution is 2.33. The SMILES string of the molecule is CNc1nc(C2CCCCC2)nc(C)c1C(C)C. The molecule has 1 heterocycles. The Morgan fingerprint density at radius 1 is 1.11 bits per heavy atom. The van der Waals surface area contributed by atoms with Crippen LogP contribution in [0.3, 0.4) is 0 Å². The van der Waals surface area contributed by atoms with Crippen molar-refractivity contribution in [3.8, 4) is 0 Å². The standard InChI is InChI=1S/C15H25N3/c1-10(2)13-11(3)17-14(18-15(13)16-4)12-8-6-5-7-9-12/h10,12H,5-9H2,1-4H3,(H,16,17,18). The molecule has 1 saturated carbocycles. The van der Waals surface area contributed by atoms with Crippen molar-refractivity contribution in [2.75, 3.05) is 12.4 Å². The van der Waals surface area contributed by atoms with E-state index in [0.29, 0.717) is 11.8 Å². The molecule has 1 fully saturated rings. The van der Waals surface area contributed by atoms with Crippen LogP contribution < -0.4 is 5.32 Å². The molecule has 100 valence electrons. The van der Waals surface area contributed by atoms with Gasteiger partial charge in [-0.2, -0.15) is 0 Å². The lowest BCUT2D eigenvalue weighted by Crippen LogP contribution is -2.14. The third-order valence-corrected chi connectivity index (χ3v) is 3.94. The molecule has 1 N–H and O–H groups in total. The first-order chi connectivity index (χ1) is 8.63. The lowest BCUT2D eigenvalue weighted by molar-refractivity contribution is 0.428. The summed E-state index contributed by atoms with van der Waals surface area (Å²) in [6.45, 7) is 6.52. The first-order valence-electron chi connectivity index (χ1n) is 7.19. The van der Waals surface area contributed by atoms with Crippen molar-refractivity contribution < 1.29 is 0 Å². The Morgan fingerprint density at radius 2 is 1.78 bits per heavy atom. The van der Waals surface area contributed by atoms with E-state index < -0.39 is 0 Å². The van der Waals surface area contributed by atoms with Gasteiger partial charge >= 0.3 is 0 Å². The van der Waals surface area contributed by atoms with E-state index in [9.17, 15) is 0 Å². The fourth-order valence-corrected chi connectivity index (χ4v) is 3.03. The third-order valence-electron chi connectivity index (χ3n) is 3.94. The number of aryl methyl sites for hydroxylation is 1. The molecule has 0 saturated heterocycles. The van der Waals surface area contributed by atoms with Crippen LogP contribution >= 0.6 is 0 Å². The van der Waals surface area contributed by atoms with Gasteiger partial charge in [0.25, 0.3) is 0 Å². The number of hydrogen-bond donors (Lipinski definition) is 1. The van der Waals surface area contributed by atoms with Crippen molar-refractivity contribution >= 4 is 5.82 Å². The average Bonchev–Trinajstić information content (AvgIpc) is 2.38. The molecule has 0 amide bonds. The summed E-state index contributed by atoms with van der Waals surface area (Å²) in [5.74, 6) is 3.12. The predicted molar refractivity (Wildman–Crippen MR) is 76.2 cm³/mol. The molecule has 0 radical (unpaired) electrons. The van der Waals surface area contributed by atoms with E-state index in [1.165, 1.54) is 37.7 Å². The normalized spacial score (nSPS) is 17.2. The Morgan fingerprint density at radius 3 is 2.33 bits per heavy atom. The van der Waals surface area contributed by atoms with Crippen LogP contribution in [0.1, 0.15) is 74.9 Å². The largest absolute Gasteiger partial charge is 0.373 e. The van der Waals surface area contributed by atoms with Gasteiger partial charge in [-0.25, -0.2) is 9.97 Å². The zero-order chi connectivity index (χ0) is 13.1. The molecule has 1 aromatic heterocycles. The van der Waals surface area contributed by atoms with Gasteiger partial charge in [0.05, 0.1) is 0 Å². The van der Waals surface area contributed by atoms with Crippen LogP contribution in [-0.4, -0.2) is 17.0 Å². The molecular weight excluding hydrogens is 222 g/mol. The first kappa shape index (κ1) is 13.3. The quantitative estimate of drug-likeness (QED) is 0.877. The second-order valence-corrected chi connectivity index (χ2v) is 5.67. The van der Waals surface area contributed by atoms with Crippen LogP contribution in [0.25, 0.3) is 0 Å². The molecule has 3 heteroatoms. The van der Waals surface area contributed by atoms with Gasteiger partial charge in [0, 0.05) is 24.2 Å². The van der Waals surface area contributed by atoms with E-state index in [0.717, 1.165) is 17.3 Å². The van der Waals surface area contributed by atoms with E-state index in [-0.39, 0.29) is 0 Å². The lowest BCUT2D eigenvalue weighted by Gasteiger charge is -2.23. The second-order valence-electron chi connectivity index (χ2n) is 5.67. The number of rotatable bonds is 3. The fraction of sp³-hybridized carbons (Fsp3) is 0.733. The monoisotopic (exact) mass is 247 g/mol. The Labute approximate surface area is 110 Å². The van der Waals surface area contributed by atoms with Crippen LogP contribution in [0.15, 0.2) is 0 Å². The Kier molecular flexibility index (Phi) is 4.20. The Bertz CT molecular complexity index is 406. The minimum Gasteiger partial charge on any atom is -0.373 e. The second kappa shape index (κ2) is 5.68. The van der Waals surface area contributed by atoms with E-state index in [2.05, 4.69) is 26.1 Å². The number of hydrogen-bond acceptors (Lipinski definition) is 3. The van der Waals surface area contributed by atoms with Gasteiger partial charge in [-0.1, -0.05) is 33.1 Å². The summed E-state index contributed by atoms with van der Waals surface area (Å²) in [5, 5.41) is 3.25. The van der Waals surface area contributed by atoms with E-state index in [1.807, 2.05) is 7.05 Å². The molecule has 0 unspecified atom stereocenters. The van der Waals surface area contributed by atoms with Gasteiger partial charge in [0.2, 0.25) is 0 Å². The summed E-state index contributed by atoms with van der Waals surface area (Å²) >= 11 is 0. The van der Waals surface area contributed by atoms with Gasteiger partial charge in [0.15, 0.2) is 0 Å². The number of nitrogens with zero attached hydrogens (tertiary/aromatic N) is 2. The topological polar surface area (TPSA) is 37.8 Å². The van der Waals surface area contributed by atoms with Gasteiger partial charge < -0.3 is 5.32 Å². The summed E-state index contributed by atoms with van der Waals surface area (Å²) < 4.78 is 0. The van der Waals surface area contributed by atoms with E-state index in [4.69, 9.17) is 9.97 Å². The number of nitrogens with one attached hydrogen (secondary N) is 1. The van der Waals surface area contributed by atoms with Crippen molar-refractivity contribution in [1.82, 2.24) is 9.97 Å². The minimum atomic E-state index is 0.466. The van der Waals surface area contributed by atoms with E-state index >= 15 is 0 Å². The number of aromatic nitrogens is 2. The summed E-state index contributed by atoms with van der Waals surface area (Å²) in [6.07, 6.45) is 6.54. The van der Waals surface area contributed by atoms with Crippen molar-refractivity contribution in [2.45, 2.75) is 64.7 Å². The van der Waals surface area contributed by atoms with Crippen LogP contribution in [0.5, 0.6) is 0 Å². The van der Waals surface area contributed by atoms with Crippen molar-refractivity contribution in [1.29, 1.82) is 0 Å². The van der Waals surface area contributed by atoms with Gasteiger partial charge in [-0.15, -0.1) is 0 Å². The van der Waals surface area contributed by atoms with Crippen LogP contribution in [0.4, 0.5) is 5.82 Å². The first-order valence-corrected chi connectivity index (χ1v) is 7.19. The van der Waals surface area contributed by atoms with Gasteiger partial charge in [-0.3, -0.25) is 0 Å². The lowest BCUT2D eigenvalue weighted by atomic mass is 9.88. The zero-order valence-corrected chi connectivity index (χ0v) is 12.1. The summed E-state index contributed by atoms with van der Waals surface area (Å²) in [6, 6.07) is 0. The van der Waals surface area contributed by atoms with Crippen molar-refractivity contribution in [3.63, 3.8) is 0 Å². The third kappa shape index (κ3) is 2.65. The molecule has 0 aromatic carbocycles. The molecule has 0 spiro atoms. The average molecular weight is 247 g/mol. The summed E-state index contributed by atoms with van der Waals surface area (Å²) in [7, 11) is 1.96. The molecule has 0 bridgehead atoms. The van der Waals surface area contributed by atoms with Crippen molar-refractivity contribution in [2.24, 2.45) is 0 Å². The highest BCUT2D eigenvalue weighted by atomic mass is 15.0. The summed E-state index contributed by atoms with van der Waals surface area (Å²) in [4.78, 5) is 9.55. The predicted octanol–water partition coefficient (Wildman–Crippen LogP) is 4.00. The summed E-state index contributed by atoms with van der Waals surface area (Å²) in [5.41, 5.74) is 2.40. The van der Waals surface area contributed by atoms with E-state index in [1.54, 1.807) is 0 Å². The number of anilines is 1. The molecular formula is C15H25N3. The van der Waals surface area contributed by atoms with Gasteiger partial charge in [-0.05, 0) is 25.7 Å². The van der Waals surface area contributed by atoms with Crippen LogP contribution in [0.2, 0.25) is 0 Å². The molecule has 0 aliphatic heterocycles. The van der Waals surface area contributed by atoms with Crippen molar-refractivity contribution in [3.05, 3.63) is 17.1 Å². The molecule has 1 aliphatic rings. The Hall–Kier alpha value is -1.12. The molecule has 3 nitrogen and oxygen atoms in total. The van der Waals surface area contributed by atoms with Crippen LogP contribution in [0, 0.1) is 6.92 Å². The molecule has 1 aliphatic carbocycles. The zero-order valence-electron chi connectivity index (χ0n) is 12.1. The Balaban J connectivity index is 2.35.